The van der Waals surface area contributed by atoms with E-state index in [9.17, 15) is 9.59 Å². The molecule has 0 spiro atoms. The first-order valence-corrected chi connectivity index (χ1v) is 9.64. The Labute approximate surface area is 174 Å². The van der Waals surface area contributed by atoms with E-state index in [1.54, 1.807) is 53.3 Å². The summed E-state index contributed by atoms with van der Waals surface area (Å²) in [5, 5.41) is 0.610. The Bertz CT molecular complexity index is 835. The second kappa shape index (κ2) is 10.0. The van der Waals surface area contributed by atoms with E-state index < -0.39 is 0 Å². The maximum Gasteiger partial charge on any atom is 0.260 e. The van der Waals surface area contributed by atoms with Crippen LogP contribution in [0.2, 0.25) is 5.02 Å². The summed E-state index contributed by atoms with van der Waals surface area (Å²) in [6, 6.07) is 14.0. The van der Waals surface area contributed by atoms with Crippen molar-refractivity contribution in [2.24, 2.45) is 0 Å². The van der Waals surface area contributed by atoms with Gasteiger partial charge in [-0.25, -0.2) is 0 Å². The van der Waals surface area contributed by atoms with Crippen LogP contribution in [0.25, 0.3) is 0 Å². The highest BCUT2D eigenvalue weighted by atomic mass is 35.5. The molecule has 154 valence electrons. The highest BCUT2D eigenvalue weighted by molar-refractivity contribution is 6.30. The second-order valence-electron chi connectivity index (χ2n) is 6.44. The third kappa shape index (κ3) is 5.77. The van der Waals surface area contributed by atoms with Gasteiger partial charge in [0.25, 0.3) is 11.8 Å². The van der Waals surface area contributed by atoms with E-state index in [2.05, 4.69) is 0 Å². The zero-order chi connectivity index (χ0) is 20.6. The van der Waals surface area contributed by atoms with Gasteiger partial charge in [-0.1, -0.05) is 23.7 Å². The molecule has 1 heterocycles. The number of nitrogens with zero attached hydrogens (tertiary/aromatic N) is 2. The Morgan fingerprint density at radius 1 is 0.828 bits per heavy atom. The number of halogens is 1. The molecule has 2 amide bonds. The van der Waals surface area contributed by atoms with E-state index in [1.807, 2.05) is 12.1 Å². The fourth-order valence-corrected chi connectivity index (χ4v) is 3.07. The number of piperazine rings is 1. The minimum atomic E-state index is -0.125. The minimum Gasteiger partial charge on any atom is -0.493 e. The molecule has 0 aromatic heterocycles. The number of ether oxygens (including phenoxy) is 3. The number of methoxy groups -OCH3 is 1. The first kappa shape index (κ1) is 20.8. The lowest BCUT2D eigenvalue weighted by Crippen LogP contribution is -2.52. The molecule has 2 aromatic carbocycles. The van der Waals surface area contributed by atoms with Crippen molar-refractivity contribution in [2.45, 2.75) is 0 Å². The molecule has 1 aliphatic rings. The largest absolute Gasteiger partial charge is 0.493 e. The van der Waals surface area contributed by atoms with Crippen molar-refractivity contribution < 1.29 is 23.8 Å². The number of amides is 2. The van der Waals surface area contributed by atoms with Gasteiger partial charge in [0, 0.05) is 31.2 Å². The molecular weight excluding hydrogens is 396 g/mol. The van der Waals surface area contributed by atoms with Crippen molar-refractivity contribution in [1.82, 2.24) is 9.80 Å². The topological polar surface area (TPSA) is 68.3 Å². The number of hydrogen-bond acceptors (Lipinski definition) is 5. The average molecular weight is 419 g/mol. The van der Waals surface area contributed by atoms with Crippen molar-refractivity contribution in [2.75, 3.05) is 46.5 Å². The number of carbonyl (C=O) groups is 2. The Kier molecular flexibility index (Phi) is 7.19. The highest BCUT2D eigenvalue weighted by Crippen LogP contribution is 2.25. The van der Waals surface area contributed by atoms with Crippen LogP contribution in [0.15, 0.2) is 48.5 Å². The molecule has 0 saturated carbocycles. The van der Waals surface area contributed by atoms with Crippen molar-refractivity contribution in [3.05, 3.63) is 53.6 Å². The fraction of sp³-hybridized carbons (Fsp3) is 0.333. The molecule has 8 heteroatoms. The van der Waals surface area contributed by atoms with Crippen LogP contribution in [-0.4, -0.2) is 68.1 Å². The van der Waals surface area contributed by atoms with Gasteiger partial charge in [0.2, 0.25) is 0 Å². The summed E-state index contributed by atoms with van der Waals surface area (Å²) >= 11 is 5.83. The molecule has 0 aliphatic carbocycles. The van der Waals surface area contributed by atoms with Gasteiger partial charge in [0.15, 0.2) is 24.7 Å². The molecule has 7 nitrogen and oxygen atoms in total. The molecule has 0 radical (unpaired) electrons. The van der Waals surface area contributed by atoms with Gasteiger partial charge in [0.1, 0.15) is 5.75 Å². The summed E-state index contributed by atoms with van der Waals surface area (Å²) in [5.74, 6) is 1.45. The first-order valence-electron chi connectivity index (χ1n) is 9.26. The number of rotatable bonds is 7. The van der Waals surface area contributed by atoms with Crippen LogP contribution >= 0.6 is 11.6 Å². The zero-order valence-corrected chi connectivity index (χ0v) is 16.9. The molecule has 0 atom stereocenters. The predicted octanol–water partition coefficient (Wildman–Crippen LogP) is 2.48. The molecule has 1 saturated heterocycles. The van der Waals surface area contributed by atoms with Crippen molar-refractivity contribution in [3.8, 4) is 17.2 Å². The van der Waals surface area contributed by atoms with Crippen LogP contribution in [0.3, 0.4) is 0 Å². The standard InChI is InChI=1S/C21H23ClN2O5/c1-27-18-4-2-3-5-19(18)29-15-21(26)24-12-10-23(11-13-24)20(25)14-28-17-8-6-16(22)7-9-17/h2-9H,10-15H2,1H3. The molecule has 0 unspecified atom stereocenters. The van der Waals surface area contributed by atoms with Crippen LogP contribution in [0.4, 0.5) is 0 Å². The molecule has 1 aliphatic heterocycles. The number of para-hydroxylation sites is 2. The van der Waals surface area contributed by atoms with Gasteiger partial charge in [-0.3, -0.25) is 9.59 Å². The summed E-state index contributed by atoms with van der Waals surface area (Å²) < 4.78 is 16.3. The van der Waals surface area contributed by atoms with E-state index in [1.165, 1.54) is 0 Å². The SMILES string of the molecule is COc1ccccc1OCC(=O)N1CCN(C(=O)COc2ccc(Cl)cc2)CC1. The molecule has 1 fully saturated rings. The third-order valence-corrected chi connectivity index (χ3v) is 4.83. The maximum atomic E-state index is 12.4. The predicted molar refractivity (Wildman–Crippen MR) is 109 cm³/mol. The molecule has 3 rings (SSSR count). The van der Waals surface area contributed by atoms with Gasteiger partial charge >= 0.3 is 0 Å². The minimum absolute atomic E-state index is 0.0491. The van der Waals surface area contributed by atoms with Crippen molar-refractivity contribution in [1.29, 1.82) is 0 Å². The van der Waals surface area contributed by atoms with E-state index in [0.29, 0.717) is 48.5 Å². The first-order chi connectivity index (χ1) is 14.1. The summed E-state index contributed by atoms with van der Waals surface area (Å²) in [7, 11) is 1.55. The fourth-order valence-electron chi connectivity index (χ4n) is 2.94. The lowest BCUT2D eigenvalue weighted by Gasteiger charge is -2.34. The summed E-state index contributed by atoms with van der Waals surface area (Å²) in [6.07, 6.45) is 0. The third-order valence-electron chi connectivity index (χ3n) is 4.58. The molecule has 0 bridgehead atoms. The molecule has 29 heavy (non-hydrogen) atoms. The monoisotopic (exact) mass is 418 g/mol. The Balaban J connectivity index is 1.41. The molecular formula is C21H23ClN2O5. The normalized spacial score (nSPS) is 13.7. The smallest absolute Gasteiger partial charge is 0.260 e. The maximum absolute atomic E-state index is 12.4. The number of hydrogen-bond donors (Lipinski definition) is 0. The zero-order valence-electron chi connectivity index (χ0n) is 16.2. The van der Waals surface area contributed by atoms with Crippen molar-refractivity contribution in [3.63, 3.8) is 0 Å². The number of benzene rings is 2. The summed E-state index contributed by atoms with van der Waals surface area (Å²) in [4.78, 5) is 28.1. The second-order valence-corrected chi connectivity index (χ2v) is 6.88. The van der Waals surface area contributed by atoms with Gasteiger partial charge in [0.05, 0.1) is 7.11 Å². The van der Waals surface area contributed by atoms with E-state index in [0.717, 1.165) is 0 Å². The van der Waals surface area contributed by atoms with E-state index in [4.69, 9.17) is 25.8 Å². The Hall–Kier alpha value is -2.93. The van der Waals surface area contributed by atoms with Crippen LogP contribution in [0.5, 0.6) is 17.2 Å². The number of carbonyl (C=O) groups excluding carboxylic acids is 2. The van der Waals surface area contributed by atoms with E-state index >= 15 is 0 Å². The van der Waals surface area contributed by atoms with Crippen LogP contribution < -0.4 is 14.2 Å². The van der Waals surface area contributed by atoms with Gasteiger partial charge in [-0.15, -0.1) is 0 Å². The van der Waals surface area contributed by atoms with Crippen molar-refractivity contribution >= 4 is 23.4 Å². The average Bonchev–Trinajstić information content (AvgIpc) is 2.77. The quantitative estimate of drug-likeness (QED) is 0.691. The van der Waals surface area contributed by atoms with Gasteiger partial charge in [-0.05, 0) is 36.4 Å². The molecule has 0 N–H and O–H groups in total. The Morgan fingerprint density at radius 2 is 1.34 bits per heavy atom. The van der Waals surface area contributed by atoms with E-state index in [-0.39, 0.29) is 25.0 Å². The van der Waals surface area contributed by atoms with Gasteiger partial charge in [-0.2, -0.15) is 0 Å². The summed E-state index contributed by atoms with van der Waals surface area (Å²) in [6.45, 7) is 1.72. The molecule has 2 aromatic rings. The lowest BCUT2D eigenvalue weighted by atomic mass is 10.3. The highest BCUT2D eigenvalue weighted by Gasteiger charge is 2.24. The van der Waals surface area contributed by atoms with Crippen LogP contribution in [-0.2, 0) is 9.59 Å². The summed E-state index contributed by atoms with van der Waals surface area (Å²) in [5.41, 5.74) is 0. The van der Waals surface area contributed by atoms with Gasteiger partial charge < -0.3 is 24.0 Å². The Morgan fingerprint density at radius 3 is 1.90 bits per heavy atom. The van der Waals surface area contributed by atoms with Crippen LogP contribution in [0, 0.1) is 0 Å². The lowest BCUT2D eigenvalue weighted by molar-refractivity contribution is -0.141. The van der Waals surface area contributed by atoms with Crippen LogP contribution in [0.1, 0.15) is 0 Å².